The van der Waals surface area contributed by atoms with E-state index >= 15 is 0 Å². The van der Waals surface area contributed by atoms with Crippen molar-refractivity contribution in [1.29, 1.82) is 0 Å². The van der Waals surface area contributed by atoms with Crippen molar-refractivity contribution in [2.24, 2.45) is 0 Å². The number of carbonyl (C=O) groups is 1. The fourth-order valence-corrected chi connectivity index (χ4v) is 5.60. The molecule has 0 saturated carbocycles. The SMILES string of the molecule is CC[C@H](NC(=O)c1ccccc1N(Cc1ccccc1)S(=O)(=O)c1ccccc1)c1ccc(C)cc1. The van der Waals surface area contributed by atoms with Gasteiger partial charge < -0.3 is 5.32 Å². The lowest BCUT2D eigenvalue weighted by molar-refractivity contribution is 0.0936. The molecule has 0 aliphatic carbocycles. The van der Waals surface area contributed by atoms with Gasteiger partial charge in [-0.25, -0.2) is 8.42 Å². The molecule has 0 radical (unpaired) electrons. The van der Waals surface area contributed by atoms with Crippen LogP contribution in [0.25, 0.3) is 0 Å². The highest BCUT2D eigenvalue weighted by atomic mass is 32.2. The van der Waals surface area contributed by atoms with Crippen LogP contribution in [0.2, 0.25) is 0 Å². The zero-order valence-electron chi connectivity index (χ0n) is 20.5. The normalized spacial score (nSPS) is 12.1. The van der Waals surface area contributed by atoms with Gasteiger partial charge in [-0.05, 0) is 48.7 Å². The van der Waals surface area contributed by atoms with E-state index in [4.69, 9.17) is 0 Å². The molecular weight excluding hydrogens is 468 g/mol. The Balaban J connectivity index is 1.74. The van der Waals surface area contributed by atoms with Gasteiger partial charge in [0, 0.05) is 0 Å². The van der Waals surface area contributed by atoms with Crippen LogP contribution in [-0.2, 0) is 16.6 Å². The molecule has 1 atom stereocenters. The molecule has 0 unspecified atom stereocenters. The Morgan fingerprint density at radius 2 is 1.39 bits per heavy atom. The fourth-order valence-electron chi connectivity index (χ4n) is 4.11. The molecule has 0 aliphatic rings. The van der Waals surface area contributed by atoms with Crippen molar-refractivity contribution < 1.29 is 13.2 Å². The number of anilines is 1. The third kappa shape index (κ3) is 5.66. The molecule has 4 aromatic rings. The maximum Gasteiger partial charge on any atom is 0.264 e. The van der Waals surface area contributed by atoms with Crippen LogP contribution < -0.4 is 9.62 Å². The summed E-state index contributed by atoms with van der Waals surface area (Å²) >= 11 is 0. The molecule has 1 amide bonds. The molecule has 4 aromatic carbocycles. The summed E-state index contributed by atoms with van der Waals surface area (Å²) in [6.07, 6.45) is 0.701. The standard InChI is InChI=1S/C30H30N2O3S/c1-3-28(25-20-18-23(2)19-21-25)31-30(33)27-16-10-11-17-29(27)32(22-24-12-6-4-7-13-24)36(34,35)26-14-8-5-9-15-26/h4-21,28H,3,22H2,1-2H3,(H,31,33)/t28-/m0/s1. The molecule has 184 valence electrons. The Kier molecular flexibility index (Phi) is 7.86. The number of nitrogens with one attached hydrogen (secondary N) is 1. The number of sulfonamides is 1. The first-order valence-electron chi connectivity index (χ1n) is 12.0. The quantitative estimate of drug-likeness (QED) is 0.296. The van der Waals surface area contributed by atoms with Crippen LogP contribution in [0, 0.1) is 6.92 Å². The van der Waals surface area contributed by atoms with E-state index in [1.165, 1.54) is 4.31 Å². The van der Waals surface area contributed by atoms with E-state index in [1.54, 1.807) is 54.6 Å². The second-order valence-corrected chi connectivity index (χ2v) is 10.5. The molecule has 5 nitrogen and oxygen atoms in total. The second kappa shape index (κ2) is 11.2. The molecule has 0 aromatic heterocycles. The number of nitrogens with zero attached hydrogens (tertiary/aromatic N) is 1. The van der Waals surface area contributed by atoms with E-state index in [0.717, 1.165) is 16.7 Å². The van der Waals surface area contributed by atoms with Gasteiger partial charge in [0.15, 0.2) is 0 Å². The molecule has 0 aliphatic heterocycles. The Morgan fingerprint density at radius 3 is 2.03 bits per heavy atom. The van der Waals surface area contributed by atoms with Crippen LogP contribution in [0.5, 0.6) is 0 Å². The largest absolute Gasteiger partial charge is 0.345 e. The average Bonchev–Trinajstić information content (AvgIpc) is 2.92. The number of hydrogen-bond donors (Lipinski definition) is 1. The van der Waals surface area contributed by atoms with Crippen molar-refractivity contribution in [3.63, 3.8) is 0 Å². The molecule has 0 fully saturated rings. The average molecular weight is 499 g/mol. The summed E-state index contributed by atoms with van der Waals surface area (Å²) in [4.78, 5) is 13.7. The highest BCUT2D eigenvalue weighted by Crippen LogP contribution is 2.30. The summed E-state index contributed by atoms with van der Waals surface area (Å²) in [5.41, 5.74) is 3.61. The number of para-hydroxylation sites is 1. The van der Waals surface area contributed by atoms with Gasteiger partial charge in [0.2, 0.25) is 0 Å². The smallest absolute Gasteiger partial charge is 0.264 e. The van der Waals surface area contributed by atoms with Crippen molar-refractivity contribution in [2.45, 2.75) is 37.8 Å². The third-order valence-corrected chi connectivity index (χ3v) is 7.88. The Hall–Kier alpha value is -3.90. The third-order valence-electron chi connectivity index (χ3n) is 6.11. The molecule has 0 bridgehead atoms. The van der Waals surface area contributed by atoms with Crippen LogP contribution in [-0.4, -0.2) is 14.3 Å². The minimum atomic E-state index is -3.95. The lowest BCUT2D eigenvalue weighted by atomic mass is 10.0. The van der Waals surface area contributed by atoms with E-state index in [0.29, 0.717) is 17.7 Å². The molecule has 0 heterocycles. The predicted molar refractivity (Wildman–Crippen MR) is 144 cm³/mol. The maximum absolute atomic E-state index is 13.8. The first-order valence-corrected chi connectivity index (χ1v) is 13.4. The van der Waals surface area contributed by atoms with Crippen LogP contribution in [0.15, 0.2) is 114 Å². The summed E-state index contributed by atoms with van der Waals surface area (Å²) in [6.45, 7) is 4.13. The van der Waals surface area contributed by atoms with Crippen molar-refractivity contribution in [3.8, 4) is 0 Å². The molecular formula is C30H30N2O3S. The van der Waals surface area contributed by atoms with Crippen LogP contribution in [0.1, 0.15) is 46.4 Å². The first-order chi connectivity index (χ1) is 17.4. The maximum atomic E-state index is 13.8. The highest BCUT2D eigenvalue weighted by molar-refractivity contribution is 7.92. The van der Waals surface area contributed by atoms with Gasteiger partial charge in [-0.1, -0.05) is 97.4 Å². The van der Waals surface area contributed by atoms with Crippen LogP contribution >= 0.6 is 0 Å². The van der Waals surface area contributed by atoms with Crippen LogP contribution in [0.4, 0.5) is 5.69 Å². The van der Waals surface area contributed by atoms with Gasteiger partial charge in [-0.2, -0.15) is 0 Å². The highest BCUT2D eigenvalue weighted by Gasteiger charge is 2.29. The first kappa shape index (κ1) is 25.2. The number of aryl methyl sites for hydroxylation is 1. The minimum Gasteiger partial charge on any atom is -0.345 e. The van der Waals surface area contributed by atoms with E-state index in [-0.39, 0.29) is 23.4 Å². The topological polar surface area (TPSA) is 66.5 Å². The number of hydrogen-bond acceptors (Lipinski definition) is 3. The van der Waals surface area contributed by atoms with Gasteiger partial charge in [0.25, 0.3) is 15.9 Å². The molecule has 6 heteroatoms. The van der Waals surface area contributed by atoms with Crippen LogP contribution in [0.3, 0.4) is 0 Å². The zero-order chi connectivity index (χ0) is 25.5. The van der Waals surface area contributed by atoms with Crippen molar-refractivity contribution in [1.82, 2.24) is 5.32 Å². The molecule has 36 heavy (non-hydrogen) atoms. The van der Waals surface area contributed by atoms with Crippen molar-refractivity contribution >= 4 is 21.6 Å². The Bertz CT molecular complexity index is 1400. The monoisotopic (exact) mass is 498 g/mol. The number of rotatable bonds is 9. The van der Waals surface area contributed by atoms with Gasteiger partial charge >= 0.3 is 0 Å². The van der Waals surface area contributed by atoms with Gasteiger partial charge in [-0.3, -0.25) is 9.10 Å². The van der Waals surface area contributed by atoms with Crippen molar-refractivity contribution in [3.05, 3.63) is 131 Å². The lowest BCUT2D eigenvalue weighted by Gasteiger charge is -2.27. The van der Waals surface area contributed by atoms with Crippen molar-refractivity contribution in [2.75, 3.05) is 4.31 Å². The summed E-state index contributed by atoms with van der Waals surface area (Å²) in [5.74, 6) is -0.320. The molecule has 0 spiro atoms. The van der Waals surface area contributed by atoms with Gasteiger partial charge in [0.05, 0.1) is 28.7 Å². The fraction of sp³-hybridized carbons (Fsp3) is 0.167. The molecule has 0 saturated heterocycles. The number of carbonyl (C=O) groups excluding carboxylic acids is 1. The van der Waals surface area contributed by atoms with E-state index in [2.05, 4.69) is 5.32 Å². The number of amides is 1. The molecule has 1 N–H and O–H groups in total. The van der Waals surface area contributed by atoms with E-state index in [9.17, 15) is 13.2 Å². The summed E-state index contributed by atoms with van der Waals surface area (Å²) in [5, 5.41) is 3.11. The van der Waals surface area contributed by atoms with E-state index in [1.807, 2.05) is 68.4 Å². The summed E-state index contributed by atoms with van der Waals surface area (Å²) in [6, 6.07) is 32.4. The summed E-state index contributed by atoms with van der Waals surface area (Å²) < 4.78 is 29.0. The predicted octanol–water partition coefficient (Wildman–Crippen LogP) is 6.27. The van der Waals surface area contributed by atoms with Gasteiger partial charge in [0.1, 0.15) is 0 Å². The number of benzene rings is 4. The zero-order valence-corrected chi connectivity index (χ0v) is 21.3. The Labute approximate surface area is 213 Å². The minimum absolute atomic E-state index is 0.0948. The summed E-state index contributed by atoms with van der Waals surface area (Å²) in [7, 11) is -3.95. The Morgan fingerprint density at radius 1 is 0.806 bits per heavy atom. The van der Waals surface area contributed by atoms with Gasteiger partial charge in [-0.15, -0.1) is 0 Å². The second-order valence-electron chi connectivity index (χ2n) is 8.67. The lowest BCUT2D eigenvalue weighted by Crippen LogP contribution is -2.34. The molecule has 4 rings (SSSR count). The van der Waals surface area contributed by atoms with E-state index < -0.39 is 10.0 Å².